The lowest BCUT2D eigenvalue weighted by Gasteiger charge is -2.10. The SMILES string of the molecule is Cc1ccccc1C(C#N)Cc1ccc(C(=O)O)o1. The molecule has 1 atom stereocenters. The van der Waals surface area contributed by atoms with Gasteiger partial charge in [0.1, 0.15) is 5.76 Å². The van der Waals surface area contributed by atoms with E-state index < -0.39 is 5.97 Å². The molecule has 1 aromatic carbocycles. The molecule has 1 heterocycles. The Morgan fingerprint density at radius 2 is 2.11 bits per heavy atom. The molecule has 19 heavy (non-hydrogen) atoms. The fourth-order valence-electron chi connectivity index (χ4n) is 2.01. The number of carboxylic acid groups (broad SMARTS) is 1. The van der Waals surface area contributed by atoms with E-state index in [1.807, 2.05) is 31.2 Å². The molecular formula is C15H13NO3. The van der Waals surface area contributed by atoms with Crippen LogP contribution in [0.1, 0.15) is 33.4 Å². The van der Waals surface area contributed by atoms with E-state index in [1.54, 1.807) is 6.07 Å². The summed E-state index contributed by atoms with van der Waals surface area (Å²) in [4.78, 5) is 10.7. The zero-order chi connectivity index (χ0) is 13.8. The molecule has 0 aliphatic carbocycles. The lowest BCUT2D eigenvalue weighted by molar-refractivity contribution is 0.0660. The predicted octanol–water partition coefficient (Wildman–Crippen LogP) is 3.14. The average molecular weight is 255 g/mol. The summed E-state index contributed by atoms with van der Waals surface area (Å²) in [7, 11) is 0. The van der Waals surface area contributed by atoms with Gasteiger partial charge >= 0.3 is 5.97 Å². The molecule has 0 aliphatic rings. The van der Waals surface area contributed by atoms with Gasteiger partial charge in [0.25, 0.3) is 0 Å². The van der Waals surface area contributed by atoms with Crippen molar-refractivity contribution in [1.82, 2.24) is 0 Å². The second-order valence-electron chi connectivity index (χ2n) is 4.31. The molecule has 2 aromatic rings. The Morgan fingerprint density at radius 3 is 2.68 bits per heavy atom. The maximum atomic E-state index is 10.7. The van der Waals surface area contributed by atoms with Gasteiger partial charge in [-0.1, -0.05) is 24.3 Å². The van der Waals surface area contributed by atoms with Gasteiger partial charge in [-0.2, -0.15) is 5.26 Å². The van der Waals surface area contributed by atoms with Crippen LogP contribution in [-0.4, -0.2) is 11.1 Å². The molecule has 1 unspecified atom stereocenters. The maximum Gasteiger partial charge on any atom is 0.371 e. The minimum absolute atomic E-state index is 0.100. The molecule has 4 nitrogen and oxygen atoms in total. The first-order valence-corrected chi connectivity index (χ1v) is 5.89. The van der Waals surface area contributed by atoms with Gasteiger partial charge in [0.2, 0.25) is 5.76 Å². The molecule has 2 rings (SSSR count). The van der Waals surface area contributed by atoms with E-state index in [-0.39, 0.29) is 11.7 Å². The third kappa shape index (κ3) is 2.83. The van der Waals surface area contributed by atoms with Gasteiger partial charge in [-0.05, 0) is 30.2 Å². The van der Waals surface area contributed by atoms with Gasteiger partial charge in [0.05, 0.1) is 12.0 Å². The van der Waals surface area contributed by atoms with Crippen molar-refractivity contribution in [2.75, 3.05) is 0 Å². The summed E-state index contributed by atoms with van der Waals surface area (Å²) >= 11 is 0. The number of hydrogen-bond donors (Lipinski definition) is 1. The van der Waals surface area contributed by atoms with Gasteiger partial charge in [0, 0.05) is 6.42 Å². The average Bonchev–Trinajstić information content (AvgIpc) is 2.86. The molecule has 1 N–H and O–H groups in total. The van der Waals surface area contributed by atoms with E-state index in [9.17, 15) is 10.1 Å². The third-order valence-electron chi connectivity index (χ3n) is 3.00. The molecule has 0 fully saturated rings. The number of aromatic carboxylic acids is 1. The Bertz CT molecular complexity index is 637. The van der Waals surface area contributed by atoms with Crippen LogP contribution in [0.3, 0.4) is 0 Å². The van der Waals surface area contributed by atoms with E-state index in [2.05, 4.69) is 6.07 Å². The summed E-state index contributed by atoms with van der Waals surface area (Å²) < 4.78 is 5.19. The summed E-state index contributed by atoms with van der Waals surface area (Å²) in [6.45, 7) is 1.95. The number of carboxylic acids is 1. The van der Waals surface area contributed by atoms with Crippen LogP contribution in [0.5, 0.6) is 0 Å². The van der Waals surface area contributed by atoms with Gasteiger partial charge in [-0.3, -0.25) is 0 Å². The quantitative estimate of drug-likeness (QED) is 0.910. The molecule has 0 saturated carbocycles. The monoisotopic (exact) mass is 255 g/mol. The lowest BCUT2D eigenvalue weighted by Crippen LogP contribution is -2.02. The highest BCUT2D eigenvalue weighted by Crippen LogP contribution is 2.24. The number of benzene rings is 1. The van der Waals surface area contributed by atoms with Crippen LogP contribution in [-0.2, 0) is 6.42 Å². The van der Waals surface area contributed by atoms with Gasteiger partial charge in [-0.15, -0.1) is 0 Å². The van der Waals surface area contributed by atoms with Gasteiger partial charge in [0.15, 0.2) is 0 Å². The van der Waals surface area contributed by atoms with Crippen LogP contribution in [0.2, 0.25) is 0 Å². The molecule has 4 heteroatoms. The zero-order valence-electron chi connectivity index (χ0n) is 10.5. The minimum Gasteiger partial charge on any atom is -0.475 e. The van der Waals surface area contributed by atoms with Crippen molar-refractivity contribution in [2.24, 2.45) is 0 Å². The summed E-state index contributed by atoms with van der Waals surface area (Å²) in [5, 5.41) is 18.1. The Labute approximate surface area is 110 Å². The Balaban J connectivity index is 2.22. The second-order valence-corrected chi connectivity index (χ2v) is 4.31. The summed E-state index contributed by atoms with van der Waals surface area (Å²) in [6.07, 6.45) is 0.370. The first-order valence-electron chi connectivity index (χ1n) is 5.89. The largest absolute Gasteiger partial charge is 0.475 e. The highest BCUT2D eigenvalue weighted by Gasteiger charge is 2.17. The van der Waals surface area contributed by atoms with E-state index >= 15 is 0 Å². The predicted molar refractivity (Wildman–Crippen MR) is 68.9 cm³/mol. The van der Waals surface area contributed by atoms with Crippen molar-refractivity contribution in [2.45, 2.75) is 19.3 Å². The maximum absolute atomic E-state index is 10.7. The normalized spacial score (nSPS) is 11.8. The van der Waals surface area contributed by atoms with E-state index in [1.165, 1.54) is 6.07 Å². The van der Waals surface area contributed by atoms with E-state index in [0.29, 0.717) is 12.2 Å². The van der Waals surface area contributed by atoms with Crippen LogP contribution >= 0.6 is 0 Å². The fraction of sp³-hybridized carbons (Fsp3) is 0.200. The molecule has 0 amide bonds. The second kappa shape index (κ2) is 5.40. The molecule has 0 spiro atoms. The summed E-state index contributed by atoms with van der Waals surface area (Å²) in [5.74, 6) is -1.03. The summed E-state index contributed by atoms with van der Waals surface area (Å²) in [5.41, 5.74) is 1.98. The van der Waals surface area contributed by atoms with Crippen LogP contribution in [0.4, 0.5) is 0 Å². The van der Waals surface area contributed by atoms with Crippen LogP contribution in [0.15, 0.2) is 40.8 Å². The van der Waals surface area contributed by atoms with Crippen molar-refractivity contribution >= 4 is 5.97 Å². The first-order chi connectivity index (χ1) is 9.11. The van der Waals surface area contributed by atoms with Crippen LogP contribution in [0.25, 0.3) is 0 Å². The number of carbonyl (C=O) groups is 1. The smallest absolute Gasteiger partial charge is 0.371 e. The highest BCUT2D eigenvalue weighted by molar-refractivity contribution is 5.84. The molecule has 0 bridgehead atoms. The third-order valence-corrected chi connectivity index (χ3v) is 3.00. The standard InChI is InChI=1S/C15H13NO3/c1-10-4-2-3-5-13(10)11(9-16)8-12-6-7-14(19-12)15(17)18/h2-7,11H,8H2,1H3,(H,17,18). The van der Waals surface area contributed by atoms with Gasteiger partial charge < -0.3 is 9.52 Å². The number of rotatable bonds is 4. The van der Waals surface area contributed by atoms with Crippen LogP contribution in [0, 0.1) is 18.3 Å². The zero-order valence-corrected chi connectivity index (χ0v) is 10.5. The number of nitriles is 1. The van der Waals surface area contributed by atoms with Crippen molar-refractivity contribution < 1.29 is 14.3 Å². The Morgan fingerprint density at radius 1 is 1.37 bits per heavy atom. The van der Waals surface area contributed by atoms with Crippen LogP contribution < -0.4 is 0 Å². The lowest BCUT2D eigenvalue weighted by atomic mass is 9.92. The minimum atomic E-state index is -1.10. The molecule has 1 aromatic heterocycles. The number of aryl methyl sites for hydroxylation is 1. The molecule has 0 radical (unpaired) electrons. The molecule has 96 valence electrons. The van der Waals surface area contributed by atoms with Crippen molar-refractivity contribution in [1.29, 1.82) is 5.26 Å². The molecular weight excluding hydrogens is 242 g/mol. The van der Waals surface area contributed by atoms with Gasteiger partial charge in [-0.25, -0.2) is 4.79 Å². The van der Waals surface area contributed by atoms with E-state index in [0.717, 1.165) is 11.1 Å². The Hall–Kier alpha value is -2.54. The van der Waals surface area contributed by atoms with Crippen molar-refractivity contribution in [3.05, 3.63) is 59.0 Å². The van der Waals surface area contributed by atoms with E-state index in [4.69, 9.17) is 9.52 Å². The number of furan rings is 1. The number of nitrogens with zero attached hydrogens (tertiary/aromatic N) is 1. The topological polar surface area (TPSA) is 74.2 Å². The van der Waals surface area contributed by atoms with Crippen molar-refractivity contribution in [3.63, 3.8) is 0 Å². The fourth-order valence-corrected chi connectivity index (χ4v) is 2.01. The first kappa shape index (κ1) is 12.9. The molecule has 0 aliphatic heterocycles. The van der Waals surface area contributed by atoms with Crippen molar-refractivity contribution in [3.8, 4) is 6.07 Å². The highest BCUT2D eigenvalue weighted by atomic mass is 16.4. The summed E-state index contributed by atoms with van der Waals surface area (Å²) in [6, 6.07) is 12.9. The Kier molecular flexibility index (Phi) is 3.67. The number of hydrogen-bond acceptors (Lipinski definition) is 3. The molecule has 0 saturated heterocycles.